The smallest absolute Gasteiger partial charge is 0.0846 e. The van der Waals surface area contributed by atoms with Crippen molar-refractivity contribution in [2.24, 2.45) is 0 Å². The zero-order chi connectivity index (χ0) is 10.0. The Morgan fingerprint density at radius 2 is 2.43 bits per heavy atom. The molecule has 0 aliphatic carbocycles. The van der Waals surface area contributed by atoms with Gasteiger partial charge in [-0.2, -0.15) is 0 Å². The van der Waals surface area contributed by atoms with Gasteiger partial charge in [0.2, 0.25) is 0 Å². The third-order valence-corrected chi connectivity index (χ3v) is 3.63. The topological polar surface area (TPSA) is 41.5 Å². The molecule has 0 saturated carbocycles. The Balaban J connectivity index is 1.98. The van der Waals surface area contributed by atoms with E-state index in [9.17, 15) is 5.11 Å². The minimum Gasteiger partial charge on any atom is -0.388 e. The van der Waals surface area contributed by atoms with Gasteiger partial charge in [0.05, 0.1) is 11.7 Å². The van der Waals surface area contributed by atoms with Crippen LogP contribution < -0.4 is 5.32 Å². The van der Waals surface area contributed by atoms with E-state index < -0.39 is 5.60 Å². The minimum absolute atomic E-state index is 0.260. The molecule has 3 nitrogen and oxygen atoms in total. The maximum atomic E-state index is 10.5. The maximum absolute atomic E-state index is 10.5. The van der Waals surface area contributed by atoms with E-state index in [1.807, 2.05) is 0 Å². The second kappa shape index (κ2) is 4.17. The maximum Gasteiger partial charge on any atom is 0.0846 e. The first-order valence-electron chi connectivity index (χ1n) is 5.82. The lowest BCUT2D eigenvalue weighted by Crippen LogP contribution is -2.53. The Kier molecular flexibility index (Phi) is 3.10. The van der Waals surface area contributed by atoms with E-state index in [1.54, 1.807) is 0 Å². The molecule has 3 heteroatoms. The van der Waals surface area contributed by atoms with E-state index >= 15 is 0 Å². The molecule has 0 bridgehead atoms. The average Bonchev–Trinajstić information content (AvgIpc) is 2.71. The molecule has 2 rings (SSSR count). The second-order valence-corrected chi connectivity index (χ2v) is 4.61. The molecule has 0 aromatic heterocycles. The Morgan fingerprint density at radius 1 is 1.57 bits per heavy atom. The van der Waals surface area contributed by atoms with Crippen molar-refractivity contribution in [3.05, 3.63) is 0 Å². The van der Waals surface area contributed by atoms with E-state index in [-0.39, 0.29) is 6.10 Å². The molecule has 3 atom stereocenters. The summed E-state index contributed by atoms with van der Waals surface area (Å²) in [7, 11) is 0. The van der Waals surface area contributed by atoms with Crippen molar-refractivity contribution in [1.29, 1.82) is 0 Å². The van der Waals surface area contributed by atoms with Crippen molar-refractivity contribution in [2.75, 3.05) is 13.2 Å². The van der Waals surface area contributed by atoms with Gasteiger partial charge in [-0.25, -0.2) is 0 Å². The molecule has 0 aromatic rings. The Hall–Kier alpha value is -0.120. The third kappa shape index (κ3) is 1.95. The van der Waals surface area contributed by atoms with E-state index in [4.69, 9.17) is 4.74 Å². The molecular formula is C11H21NO2. The van der Waals surface area contributed by atoms with E-state index in [2.05, 4.69) is 12.2 Å². The van der Waals surface area contributed by atoms with Crippen LogP contribution in [0.3, 0.4) is 0 Å². The lowest BCUT2D eigenvalue weighted by molar-refractivity contribution is -0.118. The fourth-order valence-corrected chi connectivity index (χ4v) is 2.68. The first kappa shape index (κ1) is 10.4. The molecule has 14 heavy (non-hydrogen) atoms. The summed E-state index contributed by atoms with van der Waals surface area (Å²) >= 11 is 0. The van der Waals surface area contributed by atoms with Gasteiger partial charge in [0.25, 0.3) is 0 Å². The number of aliphatic hydroxyl groups is 1. The molecule has 2 N–H and O–H groups in total. The third-order valence-electron chi connectivity index (χ3n) is 3.63. The molecule has 0 spiro atoms. The lowest BCUT2D eigenvalue weighted by Gasteiger charge is -2.40. The minimum atomic E-state index is -0.505. The predicted octanol–water partition coefficient (Wildman–Crippen LogP) is 1.06. The number of rotatable bonds is 2. The van der Waals surface area contributed by atoms with Crippen LogP contribution in [0, 0.1) is 0 Å². The largest absolute Gasteiger partial charge is 0.388 e. The van der Waals surface area contributed by atoms with Gasteiger partial charge in [-0.05, 0) is 25.8 Å². The van der Waals surface area contributed by atoms with Crippen molar-refractivity contribution in [2.45, 2.75) is 56.8 Å². The predicted molar refractivity (Wildman–Crippen MR) is 55.2 cm³/mol. The van der Waals surface area contributed by atoms with E-state index in [0.29, 0.717) is 12.6 Å². The number of hydrogen-bond acceptors (Lipinski definition) is 3. The van der Waals surface area contributed by atoms with Crippen LogP contribution in [0.1, 0.15) is 39.0 Å². The molecule has 2 heterocycles. The fourth-order valence-electron chi connectivity index (χ4n) is 2.68. The Morgan fingerprint density at radius 3 is 3.07 bits per heavy atom. The van der Waals surface area contributed by atoms with Gasteiger partial charge < -0.3 is 15.2 Å². The van der Waals surface area contributed by atoms with Crippen LogP contribution in [0.25, 0.3) is 0 Å². The van der Waals surface area contributed by atoms with Gasteiger partial charge in [-0.15, -0.1) is 0 Å². The molecule has 2 aliphatic rings. The first-order valence-corrected chi connectivity index (χ1v) is 5.82. The Labute approximate surface area is 85.8 Å². The van der Waals surface area contributed by atoms with Gasteiger partial charge >= 0.3 is 0 Å². The van der Waals surface area contributed by atoms with Crippen molar-refractivity contribution in [1.82, 2.24) is 5.32 Å². The van der Waals surface area contributed by atoms with Crippen molar-refractivity contribution >= 4 is 0 Å². The summed E-state index contributed by atoms with van der Waals surface area (Å²) in [6.07, 6.45) is 5.19. The summed E-state index contributed by atoms with van der Waals surface area (Å²) in [6.45, 7) is 3.90. The van der Waals surface area contributed by atoms with Crippen LogP contribution >= 0.6 is 0 Å². The second-order valence-electron chi connectivity index (χ2n) is 4.61. The van der Waals surface area contributed by atoms with Gasteiger partial charge in [0.15, 0.2) is 0 Å². The van der Waals surface area contributed by atoms with Crippen LogP contribution in [0.5, 0.6) is 0 Å². The highest BCUT2D eigenvalue weighted by Gasteiger charge is 2.42. The molecule has 2 saturated heterocycles. The van der Waals surface area contributed by atoms with Crippen molar-refractivity contribution in [3.63, 3.8) is 0 Å². The van der Waals surface area contributed by atoms with Gasteiger partial charge in [0, 0.05) is 25.5 Å². The number of hydrogen-bond donors (Lipinski definition) is 2. The van der Waals surface area contributed by atoms with Crippen LogP contribution in [0.2, 0.25) is 0 Å². The monoisotopic (exact) mass is 199 g/mol. The van der Waals surface area contributed by atoms with Crippen molar-refractivity contribution in [3.8, 4) is 0 Å². The molecular weight excluding hydrogens is 178 g/mol. The molecule has 0 radical (unpaired) electrons. The quantitative estimate of drug-likeness (QED) is 0.698. The summed E-state index contributed by atoms with van der Waals surface area (Å²) in [5.74, 6) is 0. The molecule has 2 aliphatic heterocycles. The highest BCUT2D eigenvalue weighted by Crippen LogP contribution is 2.32. The molecule has 82 valence electrons. The average molecular weight is 199 g/mol. The standard InChI is InChI=1S/C11H21NO2/c1-2-9-8-11(13,5-7-14-9)10-4-3-6-12-10/h9-10,12-13H,2-8H2,1H3. The number of nitrogens with one attached hydrogen (secondary N) is 1. The van der Waals surface area contributed by atoms with Crippen molar-refractivity contribution < 1.29 is 9.84 Å². The van der Waals surface area contributed by atoms with Gasteiger partial charge in [-0.1, -0.05) is 6.92 Å². The van der Waals surface area contributed by atoms with Crippen LogP contribution in [-0.2, 0) is 4.74 Å². The first-order chi connectivity index (χ1) is 6.74. The zero-order valence-corrected chi connectivity index (χ0v) is 8.96. The highest BCUT2D eigenvalue weighted by atomic mass is 16.5. The van der Waals surface area contributed by atoms with Crippen LogP contribution in [0.15, 0.2) is 0 Å². The molecule has 0 aromatic carbocycles. The van der Waals surface area contributed by atoms with E-state index in [1.165, 1.54) is 6.42 Å². The molecule has 3 unspecified atom stereocenters. The summed E-state index contributed by atoms with van der Waals surface area (Å²) in [4.78, 5) is 0. The Bertz CT molecular complexity index is 192. The normalized spacial score (nSPS) is 44.1. The van der Waals surface area contributed by atoms with Gasteiger partial charge in [0.1, 0.15) is 0 Å². The SMILES string of the molecule is CCC1CC(O)(C2CCCN2)CCO1. The lowest BCUT2D eigenvalue weighted by atomic mass is 9.82. The molecule has 2 fully saturated rings. The summed E-state index contributed by atoms with van der Waals surface area (Å²) in [5, 5.41) is 13.9. The summed E-state index contributed by atoms with van der Waals surface area (Å²) in [6, 6.07) is 0.306. The zero-order valence-electron chi connectivity index (χ0n) is 8.96. The summed E-state index contributed by atoms with van der Waals surface area (Å²) in [5.41, 5.74) is -0.505. The van der Waals surface area contributed by atoms with Gasteiger partial charge in [-0.3, -0.25) is 0 Å². The molecule has 0 amide bonds. The summed E-state index contributed by atoms with van der Waals surface area (Å²) < 4.78 is 5.59. The highest BCUT2D eigenvalue weighted by molar-refractivity contribution is 4.97. The van der Waals surface area contributed by atoms with E-state index in [0.717, 1.165) is 32.2 Å². The number of ether oxygens (including phenoxy) is 1. The fraction of sp³-hybridized carbons (Fsp3) is 1.00. The van der Waals surface area contributed by atoms with Crippen LogP contribution in [-0.4, -0.2) is 36.0 Å². The van der Waals surface area contributed by atoms with Crippen LogP contribution in [0.4, 0.5) is 0 Å².